The number of carboxylic acids is 5. The molecule has 133 heavy (non-hydrogen) atoms. The number of carboxylic acid groups (broad SMARTS) is 5. The molecule has 7 atom stereocenters. The number of amides is 6. The molecule has 0 saturated heterocycles. The van der Waals surface area contributed by atoms with Crippen LogP contribution in [0.25, 0.3) is 0 Å². The van der Waals surface area contributed by atoms with Crippen LogP contribution in [0.1, 0.15) is 367 Å². The summed E-state index contributed by atoms with van der Waals surface area (Å²) in [6.07, 6.45) is 28.3. The van der Waals surface area contributed by atoms with Crippen molar-refractivity contribution in [2.24, 2.45) is 22.9 Å². The Morgan fingerprint density at radius 1 is 0.286 bits per heavy atom. The molecule has 6 amide bonds. The summed E-state index contributed by atoms with van der Waals surface area (Å²) in [6.45, 7) is 6.81. The van der Waals surface area contributed by atoms with Crippen LogP contribution in [0, 0.1) is 0 Å². The van der Waals surface area contributed by atoms with Crippen molar-refractivity contribution in [2.45, 2.75) is 435 Å². The third-order valence-corrected chi connectivity index (χ3v) is 21.7. The van der Waals surface area contributed by atoms with Crippen LogP contribution >= 0.6 is 11.8 Å². The molecule has 0 spiro atoms. The molecule has 1 unspecified atom stereocenters. The maximum absolute atomic E-state index is 14.5. The highest BCUT2D eigenvalue weighted by Crippen LogP contribution is 2.22. The van der Waals surface area contributed by atoms with E-state index in [1.54, 1.807) is 0 Å². The summed E-state index contributed by atoms with van der Waals surface area (Å²) in [5.74, 6) is -17.4. The van der Waals surface area contributed by atoms with E-state index in [1.807, 2.05) is 0 Å². The minimum atomic E-state index is -5.08. The van der Waals surface area contributed by atoms with E-state index in [4.69, 9.17) is 72.0 Å². The summed E-state index contributed by atoms with van der Waals surface area (Å²) in [5.41, 5.74) is 23.1. The number of hydrogen-bond acceptors (Lipinski definition) is 21. The maximum Gasteiger partial charge on any atom is 0.490 e. The van der Waals surface area contributed by atoms with Gasteiger partial charge in [-0.3, -0.25) is 38.4 Å². The first-order chi connectivity index (χ1) is 62.8. The molecule has 0 aromatic rings. The number of thioether (sulfide) groups is 1. The lowest BCUT2D eigenvalue weighted by Gasteiger charge is -2.27. The van der Waals surface area contributed by atoms with Gasteiger partial charge in [-0.1, -0.05) is 252 Å². The average Bonchev–Trinajstić information content (AvgIpc) is 0.857. The Kier molecular flexibility index (Phi) is 87.8. The van der Waals surface area contributed by atoms with Gasteiger partial charge in [-0.15, -0.1) is 0 Å². The summed E-state index contributed by atoms with van der Waals surface area (Å²) in [6, 6.07) is -7.86. The molecule has 0 heterocycles. The van der Waals surface area contributed by atoms with E-state index < -0.39 is 145 Å². The molecule has 0 aliphatic carbocycles. The minimum Gasteiger partial charge on any atom is -0.480 e. The molecule has 0 aliphatic rings. The number of halogens is 12. The van der Waals surface area contributed by atoms with Crippen LogP contribution in [0.2, 0.25) is 0 Å². The standard InChI is InChI=1S/C81H156N10O13S.4C2HF3O2/c1-4-7-10-13-16-19-22-25-28-31-34-37-40-55-73(93)86-72(65-105-64-66(104-75(95)57-42-39-36-33-30-27-24-21-18-15-12-9-6-3)63-103-74(94)56-41-38-35-32-29-26-23-20-17-14-11-8-5-2)80(100)91-71(62-92)79(99)89-68(52-44-48-59-83)77(97)87-67(51-43-47-58-82)76(96)88-69(53-45-49-60-84)78(98)90-70(81(101)102)54-46-50-61-85;4*3-2(4,5)1(6)7/h66-72,92H,4-65,82-85H2,1-3H3,(H,86,93)(H,87,97)(H,88,96)(H,89,99)(H,90,98)(H,91,100)(H,101,102);4*(H,6,7)/t66?,67-,68-,69-,70-,71-,72-;;;;/m0..../s1. The van der Waals surface area contributed by atoms with Gasteiger partial charge < -0.3 is 94.9 Å². The van der Waals surface area contributed by atoms with Crippen LogP contribution in [0.3, 0.4) is 0 Å². The average molecular weight is 1970 g/mol. The van der Waals surface area contributed by atoms with Crippen LogP contribution in [-0.2, 0) is 71.8 Å². The summed E-state index contributed by atoms with van der Waals surface area (Å²) >= 11 is 1.20. The molecule has 44 heteroatoms. The topological polar surface area (TPSA) is 538 Å². The molecule has 31 nitrogen and oxygen atoms in total. The summed E-state index contributed by atoms with van der Waals surface area (Å²) in [4.78, 5) is 160. The number of carbonyl (C=O) groups excluding carboxylic acids is 8. The van der Waals surface area contributed by atoms with Gasteiger partial charge in [0.15, 0.2) is 0 Å². The highest BCUT2D eigenvalue weighted by molar-refractivity contribution is 7.99. The van der Waals surface area contributed by atoms with E-state index in [1.165, 1.54) is 179 Å². The smallest absolute Gasteiger partial charge is 0.480 e. The number of hydrogen-bond donors (Lipinski definition) is 16. The molecule has 0 rings (SSSR count). The van der Waals surface area contributed by atoms with Crippen LogP contribution in [0.15, 0.2) is 0 Å². The lowest BCUT2D eigenvalue weighted by Crippen LogP contribution is -2.60. The number of aliphatic hydroxyl groups excluding tert-OH is 1. The Balaban J connectivity index is -0.00000167. The number of unbranched alkanes of at least 4 members (excludes halogenated alkanes) is 40. The number of nitrogens with two attached hydrogens (primary N) is 4. The lowest BCUT2D eigenvalue weighted by molar-refractivity contribution is -0.193. The zero-order valence-electron chi connectivity index (χ0n) is 78.4. The summed E-state index contributed by atoms with van der Waals surface area (Å²) < 4.78 is 139. The maximum atomic E-state index is 14.5. The van der Waals surface area contributed by atoms with Gasteiger partial charge in [0, 0.05) is 30.8 Å². The molecule has 0 aromatic heterocycles. The fourth-order valence-electron chi connectivity index (χ4n) is 12.9. The van der Waals surface area contributed by atoms with E-state index in [0.717, 1.165) is 64.2 Å². The first-order valence-corrected chi connectivity index (χ1v) is 48.6. The number of rotatable bonds is 78. The molecular weight excluding hydrogens is 1810 g/mol. The van der Waals surface area contributed by atoms with Crippen molar-refractivity contribution in [3.8, 4) is 0 Å². The number of alkyl halides is 12. The third kappa shape index (κ3) is 87.0. The van der Waals surface area contributed by atoms with E-state index in [-0.39, 0.29) is 82.1 Å². The second kappa shape index (κ2) is 87.2. The van der Waals surface area contributed by atoms with E-state index in [2.05, 4.69) is 52.7 Å². The Hall–Kier alpha value is -7.58. The molecule has 20 N–H and O–H groups in total. The van der Waals surface area contributed by atoms with Crippen molar-refractivity contribution < 1.29 is 155 Å². The van der Waals surface area contributed by atoms with Gasteiger partial charge in [0.2, 0.25) is 35.4 Å². The molecular formula is C89H160F12N10O21S. The number of nitrogens with one attached hydrogen (secondary N) is 6. The molecule has 0 aromatic carbocycles. The predicted molar refractivity (Wildman–Crippen MR) is 482 cm³/mol. The zero-order valence-corrected chi connectivity index (χ0v) is 79.3. The number of carbonyl (C=O) groups is 13. The Morgan fingerprint density at radius 2 is 0.511 bits per heavy atom. The fourth-order valence-corrected chi connectivity index (χ4v) is 13.9. The fraction of sp³-hybridized carbons (Fsp3) is 0.854. The van der Waals surface area contributed by atoms with Gasteiger partial charge in [0.1, 0.15) is 49.0 Å². The van der Waals surface area contributed by atoms with Crippen molar-refractivity contribution in [1.29, 1.82) is 0 Å². The van der Waals surface area contributed by atoms with E-state index >= 15 is 0 Å². The largest absolute Gasteiger partial charge is 0.490 e. The third-order valence-electron chi connectivity index (χ3n) is 20.5. The van der Waals surface area contributed by atoms with E-state index in [9.17, 15) is 106 Å². The Bertz CT molecular complexity index is 2960. The lowest BCUT2D eigenvalue weighted by atomic mass is 10.0. The van der Waals surface area contributed by atoms with Crippen molar-refractivity contribution in [2.75, 3.05) is 50.9 Å². The molecule has 0 bridgehead atoms. The molecule has 0 aliphatic heterocycles. The number of aliphatic hydroxyl groups is 1. The van der Waals surface area contributed by atoms with Crippen molar-refractivity contribution >= 4 is 89.0 Å². The van der Waals surface area contributed by atoms with Gasteiger partial charge in [-0.05, 0) is 122 Å². The number of ether oxygens (including phenoxy) is 2. The Labute approximate surface area is 781 Å². The molecule has 0 saturated carbocycles. The van der Waals surface area contributed by atoms with Crippen LogP contribution in [0.5, 0.6) is 0 Å². The van der Waals surface area contributed by atoms with Crippen LogP contribution in [-0.4, -0.2) is 226 Å². The number of esters is 2. The highest BCUT2D eigenvalue weighted by Gasteiger charge is 2.41. The predicted octanol–water partition coefficient (Wildman–Crippen LogP) is 15.7. The monoisotopic (exact) mass is 1970 g/mol. The first-order valence-electron chi connectivity index (χ1n) is 47.4. The highest BCUT2D eigenvalue weighted by atomic mass is 32.2. The minimum absolute atomic E-state index is 0.0390. The van der Waals surface area contributed by atoms with Gasteiger partial charge in [-0.2, -0.15) is 64.4 Å². The normalized spacial score (nSPS) is 12.9. The van der Waals surface area contributed by atoms with Crippen LogP contribution < -0.4 is 54.8 Å². The molecule has 0 fully saturated rings. The summed E-state index contributed by atoms with van der Waals surface area (Å²) in [7, 11) is 0. The first kappa shape index (κ1) is 134. The molecule has 782 valence electrons. The van der Waals surface area contributed by atoms with E-state index in [0.29, 0.717) is 83.7 Å². The van der Waals surface area contributed by atoms with Gasteiger partial charge in [0.05, 0.1) is 6.61 Å². The van der Waals surface area contributed by atoms with Crippen molar-refractivity contribution in [3.63, 3.8) is 0 Å². The van der Waals surface area contributed by atoms with Crippen molar-refractivity contribution in [3.05, 3.63) is 0 Å². The van der Waals surface area contributed by atoms with Gasteiger partial charge in [0.25, 0.3) is 0 Å². The second-order valence-corrected chi connectivity index (χ2v) is 33.7. The zero-order chi connectivity index (χ0) is 102. The Morgan fingerprint density at radius 3 is 0.767 bits per heavy atom. The molecule has 0 radical (unpaired) electrons. The SMILES string of the molecule is CCCCCCCCCCCCCCCC(=O)N[C@@H](CSCC(COC(=O)CCCCCCCCCCCCCCC)OC(=O)CCCCCCCCCCCCCCC)C(=O)N[C@@H](CO)C(=O)N[C@@H](CCCCN)C(=O)N[C@@H](CCCCN)C(=O)N[C@@H](CCCCN)C(=O)N[C@@H](CCCCN)C(=O)O.O=C(O)C(F)(F)F.O=C(O)C(F)(F)F.O=C(O)C(F)(F)F.O=C(O)C(F)(F)F. The quantitative estimate of drug-likeness (QED) is 0.0153. The summed E-state index contributed by atoms with van der Waals surface area (Å²) in [5, 5.41) is 65.4. The van der Waals surface area contributed by atoms with Crippen molar-refractivity contribution in [1.82, 2.24) is 31.9 Å². The second-order valence-electron chi connectivity index (χ2n) is 32.6. The van der Waals surface area contributed by atoms with Gasteiger partial charge in [-0.25, -0.2) is 24.0 Å². The van der Waals surface area contributed by atoms with Gasteiger partial charge >= 0.3 is 66.5 Å². The van der Waals surface area contributed by atoms with Crippen LogP contribution in [0.4, 0.5) is 52.7 Å². The number of aliphatic carboxylic acids is 5.